The van der Waals surface area contributed by atoms with Crippen molar-refractivity contribution in [2.75, 3.05) is 33.3 Å². The highest BCUT2D eigenvalue weighted by Gasteiger charge is 1.98. The maximum Gasteiger partial charge on any atom is 0.119 e. The van der Waals surface area contributed by atoms with Gasteiger partial charge in [-0.2, -0.15) is 0 Å². The Morgan fingerprint density at radius 3 is 2.42 bits per heavy atom. The molecule has 0 radical (unpaired) electrons. The van der Waals surface area contributed by atoms with E-state index in [9.17, 15) is 0 Å². The summed E-state index contributed by atoms with van der Waals surface area (Å²) in [6, 6.07) is 8.19. The lowest BCUT2D eigenvalue weighted by Crippen LogP contribution is -2.31. The highest BCUT2D eigenvalue weighted by molar-refractivity contribution is 5.85. The van der Waals surface area contributed by atoms with Crippen molar-refractivity contribution < 1.29 is 4.74 Å². The van der Waals surface area contributed by atoms with Crippen LogP contribution in [0.4, 0.5) is 0 Å². The summed E-state index contributed by atoms with van der Waals surface area (Å²) >= 11 is 0. The van der Waals surface area contributed by atoms with Gasteiger partial charge in [0.05, 0.1) is 7.11 Å². The summed E-state index contributed by atoms with van der Waals surface area (Å²) in [5, 5.41) is 3.45. The van der Waals surface area contributed by atoms with Crippen LogP contribution in [-0.4, -0.2) is 38.2 Å². The zero-order chi connectivity index (χ0) is 12.5. The number of hydrogen-bond donors (Lipinski definition) is 1. The molecule has 1 rings (SSSR count). The summed E-state index contributed by atoms with van der Waals surface area (Å²) in [6.07, 6.45) is 0. The first kappa shape index (κ1) is 20.8. The molecule has 0 aliphatic carbocycles. The normalized spacial score (nSPS) is 9.68. The van der Waals surface area contributed by atoms with Gasteiger partial charge in [0.25, 0.3) is 0 Å². The molecule has 0 unspecified atom stereocenters. The van der Waals surface area contributed by atoms with Crippen LogP contribution in [0.5, 0.6) is 5.75 Å². The molecule has 3 nitrogen and oxygen atoms in total. The SMILES string of the molecule is CCN(CC)CCNCc1cccc(OC)c1.Cl.Cl. The van der Waals surface area contributed by atoms with Crippen LogP contribution in [0.25, 0.3) is 0 Å². The lowest BCUT2D eigenvalue weighted by molar-refractivity contribution is 0.302. The minimum atomic E-state index is 0. The van der Waals surface area contributed by atoms with Gasteiger partial charge in [0.2, 0.25) is 0 Å². The summed E-state index contributed by atoms with van der Waals surface area (Å²) in [5.74, 6) is 0.924. The molecule has 1 aromatic carbocycles. The van der Waals surface area contributed by atoms with Crippen molar-refractivity contribution in [1.82, 2.24) is 10.2 Å². The van der Waals surface area contributed by atoms with Crippen LogP contribution in [0.1, 0.15) is 19.4 Å². The maximum absolute atomic E-state index is 5.20. The van der Waals surface area contributed by atoms with E-state index in [1.54, 1.807) is 7.11 Å². The van der Waals surface area contributed by atoms with Gasteiger partial charge >= 0.3 is 0 Å². The van der Waals surface area contributed by atoms with E-state index in [1.165, 1.54) is 5.56 Å². The van der Waals surface area contributed by atoms with Gasteiger partial charge in [0.15, 0.2) is 0 Å². The Bertz CT molecular complexity index is 320. The van der Waals surface area contributed by atoms with Crippen LogP contribution in [0.3, 0.4) is 0 Å². The molecule has 19 heavy (non-hydrogen) atoms. The first-order valence-electron chi connectivity index (χ1n) is 6.36. The Labute approximate surface area is 129 Å². The lowest BCUT2D eigenvalue weighted by Gasteiger charge is -2.18. The second-order valence-corrected chi connectivity index (χ2v) is 4.06. The third-order valence-corrected chi connectivity index (χ3v) is 2.96. The molecule has 0 amide bonds. The van der Waals surface area contributed by atoms with Crippen LogP contribution in [0.15, 0.2) is 24.3 Å². The van der Waals surface area contributed by atoms with E-state index in [0.717, 1.165) is 38.5 Å². The Kier molecular flexibility index (Phi) is 13.8. The molecule has 0 aliphatic heterocycles. The van der Waals surface area contributed by atoms with E-state index < -0.39 is 0 Å². The van der Waals surface area contributed by atoms with Crippen LogP contribution in [-0.2, 0) is 6.54 Å². The van der Waals surface area contributed by atoms with Gasteiger partial charge in [-0.05, 0) is 30.8 Å². The minimum absolute atomic E-state index is 0. The zero-order valence-corrected chi connectivity index (χ0v) is 13.6. The fraction of sp³-hybridized carbons (Fsp3) is 0.571. The first-order valence-corrected chi connectivity index (χ1v) is 6.36. The summed E-state index contributed by atoms with van der Waals surface area (Å²) < 4.78 is 5.20. The maximum atomic E-state index is 5.20. The molecule has 0 saturated heterocycles. The predicted molar refractivity (Wildman–Crippen MR) is 87.0 cm³/mol. The van der Waals surface area contributed by atoms with Gasteiger partial charge in [-0.15, -0.1) is 24.8 Å². The smallest absolute Gasteiger partial charge is 0.119 e. The number of halogens is 2. The molecule has 0 bridgehead atoms. The second kappa shape index (κ2) is 12.5. The van der Waals surface area contributed by atoms with Gasteiger partial charge in [-0.1, -0.05) is 26.0 Å². The van der Waals surface area contributed by atoms with Crippen molar-refractivity contribution in [2.45, 2.75) is 20.4 Å². The fourth-order valence-electron chi connectivity index (χ4n) is 1.79. The van der Waals surface area contributed by atoms with Crippen molar-refractivity contribution in [2.24, 2.45) is 0 Å². The number of benzene rings is 1. The molecular formula is C14H26Cl2N2O. The molecular weight excluding hydrogens is 283 g/mol. The molecule has 0 atom stereocenters. The molecule has 1 aromatic rings. The number of nitrogens with one attached hydrogen (secondary N) is 1. The number of methoxy groups -OCH3 is 1. The van der Waals surface area contributed by atoms with E-state index in [0.29, 0.717) is 0 Å². The lowest BCUT2D eigenvalue weighted by atomic mass is 10.2. The molecule has 0 saturated carbocycles. The Morgan fingerprint density at radius 2 is 1.84 bits per heavy atom. The van der Waals surface area contributed by atoms with Crippen LogP contribution in [0, 0.1) is 0 Å². The molecule has 0 aliphatic rings. The topological polar surface area (TPSA) is 24.5 Å². The minimum Gasteiger partial charge on any atom is -0.497 e. The van der Waals surface area contributed by atoms with E-state index in [-0.39, 0.29) is 24.8 Å². The molecule has 0 aromatic heterocycles. The van der Waals surface area contributed by atoms with E-state index in [4.69, 9.17) is 4.74 Å². The number of ether oxygens (including phenoxy) is 1. The molecule has 0 heterocycles. The van der Waals surface area contributed by atoms with E-state index in [2.05, 4.69) is 36.2 Å². The van der Waals surface area contributed by atoms with Crippen molar-refractivity contribution in [3.8, 4) is 5.75 Å². The Balaban J connectivity index is 0. The Morgan fingerprint density at radius 1 is 1.16 bits per heavy atom. The van der Waals surface area contributed by atoms with Crippen molar-refractivity contribution >= 4 is 24.8 Å². The van der Waals surface area contributed by atoms with Gasteiger partial charge in [0.1, 0.15) is 5.75 Å². The number of nitrogens with zero attached hydrogens (tertiary/aromatic N) is 1. The largest absolute Gasteiger partial charge is 0.497 e. The highest BCUT2D eigenvalue weighted by Crippen LogP contribution is 2.11. The van der Waals surface area contributed by atoms with Gasteiger partial charge in [-0.3, -0.25) is 0 Å². The average molecular weight is 309 g/mol. The van der Waals surface area contributed by atoms with Crippen molar-refractivity contribution in [1.29, 1.82) is 0 Å². The Hall–Kier alpha value is -0.480. The van der Waals surface area contributed by atoms with Gasteiger partial charge < -0.3 is 15.0 Å². The molecule has 112 valence electrons. The van der Waals surface area contributed by atoms with Crippen LogP contribution >= 0.6 is 24.8 Å². The van der Waals surface area contributed by atoms with Gasteiger partial charge in [-0.25, -0.2) is 0 Å². The first-order chi connectivity index (χ1) is 8.30. The number of likely N-dealkylation sites (N-methyl/N-ethyl adjacent to an activating group) is 1. The zero-order valence-electron chi connectivity index (χ0n) is 12.0. The quantitative estimate of drug-likeness (QED) is 0.747. The molecule has 5 heteroatoms. The van der Waals surface area contributed by atoms with E-state index in [1.807, 2.05) is 12.1 Å². The van der Waals surface area contributed by atoms with E-state index >= 15 is 0 Å². The monoisotopic (exact) mass is 308 g/mol. The van der Waals surface area contributed by atoms with Crippen molar-refractivity contribution in [3.63, 3.8) is 0 Å². The standard InChI is InChI=1S/C14H24N2O.2ClH/c1-4-16(5-2)10-9-15-12-13-7-6-8-14(11-13)17-3;;/h6-8,11,15H,4-5,9-10,12H2,1-3H3;2*1H. The molecule has 0 fully saturated rings. The third kappa shape index (κ3) is 8.32. The summed E-state index contributed by atoms with van der Waals surface area (Å²) in [6.45, 7) is 9.68. The third-order valence-electron chi connectivity index (χ3n) is 2.96. The van der Waals surface area contributed by atoms with Crippen molar-refractivity contribution in [3.05, 3.63) is 29.8 Å². The highest BCUT2D eigenvalue weighted by atomic mass is 35.5. The second-order valence-electron chi connectivity index (χ2n) is 4.06. The van der Waals surface area contributed by atoms with Crippen LogP contribution in [0.2, 0.25) is 0 Å². The fourth-order valence-corrected chi connectivity index (χ4v) is 1.79. The summed E-state index contributed by atoms with van der Waals surface area (Å²) in [4.78, 5) is 2.42. The van der Waals surface area contributed by atoms with Gasteiger partial charge in [0, 0.05) is 19.6 Å². The summed E-state index contributed by atoms with van der Waals surface area (Å²) in [5.41, 5.74) is 1.27. The average Bonchev–Trinajstić information content (AvgIpc) is 2.39. The molecule has 0 spiro atoms. The van der Waals surface area contributed by atoms with Crippen LogP contribution < -0.4 is 10.1 Å². The summed E-state index contributed by atoms with van der Waals surface area (Å²) in [7, 11) is 1.70. The number of rotatable bonds is 8. The number of hydrogen-bond acceptors (Lipinski definition) is 3. The molecule has 1 N–H and O–H groups in total. The predicted octanol–water partition coefficient (Wildman–Crippen LogP) is 2.97.